The van der Waals surface area contributed by atoms with Gasteiger partial charge in [-0.05, 0) is 35.7 Å². The van der Waals surface area contributed by atoms with Crippen LogP contribution in [-0.4, -0.2) is 17.6 Å². The number of anilines is 1. The van der Waals surface area contributed by atoms with Gasteiger partial charge in [-0.1, -0.05) is 23.4 Å². The normalized spacial score (nSPS) is 9.70. The highest BCUT2D eigenvalue weighted by Gasteiger charge is 2.12. The van der Waals surface area contributed by atoms with Gasteiger partial charge in [0, 0.05) is 22.7 Å². The number of thiophene rings is 1. The molecule has 0 aliphatic carbocycles. The molecule has 0 aliphatic rings. The van der Waals surface area contributed by atoms with Crippen molar-refractivity contribution >= 4 is 34.5 Å². The van der Waals surface area contributed by atoms with Gasteiger partial charge in [-0.25, -0.2) is 0 Å². The van der Waals surface area contributed by atoms with Crippen molar-refractivity contribution in [3.8, 4) is 11.8 Å². The summed E-state index contributed by atoms with van der Waals surface area (Å²) in [6.07, 6.45) is 0.397. The van der Waals surface area contributed by atoms with E-state index in [9.17, 15) is 4.79 Å². The lowest BCUT2D eigenvalue weighted by Gasteiger charge is -2.04. The summed E-state index contributed by atoms with van der Waals surface area (Å²) in [5.41, 5.74) is 1.36. The van der Waals surface area contributed by atoms with E-state index in [-0.39, 0.29) is 12.5 Å². The Kier molecular flexibility index (Phi) is 5.19. The van der Waals surface area contributed by atoms with E-state index < -0.39 is 0 Å². The van der Waals surface area contributed by atoms with Gasteiger partial charge in [-0.2, -0.15) is 0 Å². The topological polar surface area (TPSA) is 49.3 Å². The van der Waals surface area contributed by atoms with Crippen LogP contribution >= 0.6 is 22.9 Å². The van der Waals surface area contributed by atoms with Crippen LogP contribution in [0.4, 0.5) is 5.69 Å². The highest BCUT2D eigenvalue weighted by Crippen LogP contribution is 2.19. The second-order valence-corrected chi connectivity index (χ2v) is 5.25. The van der Waals surface area contributed by atoms with E-state index >= 15 is 0 Å². The van der Waals surface area contributed by atoms with Crippen LogP contribution in [0.2, 0.25) is 5.02 Å². The predicted octanol–water partition coefficient (Wildman–Crippen LogP) is 3.39. The molecule has 2 N–H and O–H groups in total. The maximum absolute atomic E-state index is 12.2. The Morgan fingerprint density at radius 3 is 2.75 bits per heavy atom. The summed E-state index contributed by atoms with van der Waals surface area (Å²) < 4.78 is 0. The third kappa shape index (κ3) is 3.84. The van der Waals surface area contributed by atoms with Crippen molar-refractivity contribution in [1.82, 2.24) is 0 Å². The minimum atomic E-state index is -0.198. The average Bonchev–Trinajstić information content (AvgIpc) is 2.90. The largest absolute Gasteiger partial charge is 0.395 e. The quantitative estimate of drug-likeness (QED) is 0.854. The van der Waals surface area contributed by atoms with Crippen LogP contribution in [-0.2, 0) is 0 Å². The molecule has 0 atom stereocenters. The maximum atomic E-state index is 12.2. The number of rotatable bonds is 3. The molecule has 1 aromatic heterocycles. The minimum absolute atomic E-state index is 0.0173. The molecule has 102 valence electrons. The van der Waals surface area contributed by atoms with E-state index in [0.717, 1.165) is 0 Å². The molecule has 2 rings (SSSR count). The van der Waals surface area contributed by atoms with Gasteiger partial charge in [0.1, 0.15) is 4.88 Å². The molecule has 0 bridgehead atoms. The van der Waals surface area contributed by atoms with Gasteiger partial charge in [-0.15, -0.1) is 11.3 Å². The van der Waals surface area contributed by atoms with Crippen molar-refractivity contribution in [2.24, 2.45) is 0 Å². The average molecular weight is 306 g/mol. The van der Waals surface area contributed by atoms with E-state index in [1.807, 2.05) is 5.38 Å². The number of amides is 1. The first-order chi connectivity index (χ1) is 9.70. The molecule has 1 amide bonds. The van der Waals surface area contributed by atoms with Gasteiger partial charge < -0.3 is 10.4 Å². The molecule has 0 unspecified atom stereocenters. The Morgan fingerprint density at radius 2 is 2.05 bits per heavy atom. The number of carbonyl (C=O) groups is 1. The summed E-state index contributed by atoms with van der Waals surface area (Å²) in [4.78, 5) is 12.7. The molecular formula is C15H12ClNO2S. The van der Waals surface area contributed by atoms with Crippen LogP contribution in [0.5, 0.6) is 0 Å². The zero-order chi connectivity index (χ0) is 14.4. The fraction of sp³-hybridized carbons (Fsp3) is 0.133. The Morgan fingerprint density at radius 1 is 1.30 bits per heavy atom. The van der Waals surface area contributed by atoms with Crippen LogP contribution in [0.3, 0.4) is 0 Å². The van der Waals surface area contributed by atoms with E-state index in [1.54, 1.807) is 30.3 Å². The first kappa shape index (κ1) is 14.6. The molecule has 0 radical (unpaired) electrons. The predicted molar refractivity (Wildman–Crippen MR) is 82.3 cm³/mol. The lowest BCUT2D eigenvalue weighted by molar-refractivity contribution is 0.103. The van der Waals surface area contributed by atoms with Gasteiger partial charge >= 0.3 is 0 Å². The van der Waals surface area contributed by atoms with Gasteiger partial charge in [0.05, 0.1) is 6.61 Å². The number of hydrogen-bond donors (Lipinski definition) is 2. The van der Waals surface area contributed by atoms with Crippen LogP contribution in [0.1, 0.15) is 21.7 Å². The number of benzene rings is 1. The molecule has 0 aliphatic heterocycles. The van der Waals surface area contributed by atoms with Crippen LogP contribution < -0.4 is 5.32 Å². The Hall–Kier alpha value is -1.80. The number of carbonyl (C=O) groups excluding carboxylic acids is 1. The molecule has 2 aromatic rings. The van der Waals surface area contributed by atoms with Crippen molar-refractivity contribution in [2.75, 3.05) is 11.9 Å². The molecule has 1 aromatic carbocycles. The van der Waals surface area contributed by atoms with Crippen molar-refractivity contribution in [2.45, 2.75) is 6.42 Å². The fourth-order valence-corrected chi connectivity index (χ4v) is 2.39. The Bertz CT molecular complexity index is 653. The van der Waals surface area contributed by atoms with E-state index in [2.05, 4.69) is 17.2 Å². The number of hydrogen-bond acceptors (Lipinski definition) is 3. The molecule has 0 fully saturated rings. The third-order valence-electron chi connectivity index (χ3n) is 2.43. The molecule has 0 saturated heterocycles. The zero-order valence-electron chi connectivity index (χ0n) is 10.5. The summed E-state index contributed by atoms with van der Waals surface area (Å²) in [6, 6.07) is 8.71. The number of aliphatic hydroxyl groups is 1. The van der Waals surface area contributed by atoms with Gasteiger partial charge in [0.15, 0.2) is 0 Å². The summed E-state index contributed by atoms with van der Waals surface area (Å²) in [7, 11) is 0. The molecular weight excluding hydrogens is 294 g/mol. The van der Waals surface area contributed by atoms with Gasteiger partial charge in [0.2, 0.25) is 0 Å². The van der Waals surface area contributed by atoms with Crippen molar-refractivity contribution < 1.29 is 9.90 Å². The van der Waals surface area contributed by atoms with Crippen LogP contribution in [0, 0.1) is 11.8 Å². The van der Waals surface area contributed by atoms with E-state index in [1.165, 1.54) is 11.3 Å². The third-order valence-corrected chi connectivity index (χ3v) is 3.60. The molecule has 3 nitrogen and oxygen atoms in total. The van der Waals surface area contributed by atoms with Crippen molar-refractivity contribution in [1.29, 1.82) is 0 Å². The SMILES string of the molecule is O=C(Nc1ccc(Cl)cc1)c1sccc1C#CCCO. The zero-order valence-corrected chi connectivity index (χ0v) is 12.1. The lowest BCUT2D eigenvalue weighted by atomic mass is 10.2. The molecule has 20 heavy (non-hydrogen) atoms. The summed E-state index contributed by atoms with van der Waals surface area (Å²) in [6.45, 7) is 0.0173. The Labute approximate surface area is 126 Å². The van der Waals surface area contributed by atoms with Gasteiger partial charge in [-0.3, -0.25) is 4.79 Å². The van der Waals surface area contributed by atoms with Crippen molar-refractivity contribution in [3.05, 3.63) is 51.2 Å². The number of halogens is 1. The second kappa shape index (κ2) is 7.11. The molecule has 5 heteroatoms. The minimum Gasteiger partial charge on any atom is -0.395 e. The second-order valence-electron chi connectivity index (χ2n) is 3.90. The summed E-state index contributed by atoms with van der Waals surface area (Å²) in [5.74, 6) is 5.50. The molecule has 0 saturated carbocycles. The monoisotopic (exact) mass is 305 g/mol. The first-order valence-corrected chi connectivity index (χ1v) is 7.20. The molecule has 0 spiro atoms. The highest BCUT2D eigenvalue weighted by atomic mass is 35.5. The molecule has 1 heterocycles. The number of aliphatic hydroxyl groups excluding tert-OH is 1. The highest BCUT2D eigenvalue weighted by molar-refractivity contribution is 7.12. The maximum Gasteiger partial charge on any atom is 0.267 e. The van der Waals surface area contributed by atoms with Gasteiger partial charge in [0.25, 0.3) is 5.91 Å². The summed E-state index contributed by atoms with van der Waals surface area (Å²) >= 11 is 7.13. The van der Waals surface area contributed by atoms with Crippen molar-refractivity contribution in [3.63, 3.8) is 0 Å². The smallest absolute Gasteiger partial charge is 0.267 e. The first-order valence-electron chi connectivity index (χ1n) is 5.95. The van der Waals surface area contributed by atoms with Crippen LogP contribution in [0.25, 0.3) is 0 Å². The lowest BCUT2D eigenvalue weighted by Crippen LogP contribution is -2.11. The number of nitrogens with one attached hydrogen (secondary N) is 1. The standard InChI is InChI=1S/C15H12ClNO2S/c16-12-4-6-13(7-5-12)17-15(19)14-11(8-10-20-14)3-1-2-9-18/h4-8,10,18H,2,9H2,(H,17,19). The fourth-order valence-electron chi connectivity index (χ4n) is 1.52. The van der Waals surface area contributed by atoms with E-state index in [0.29, 0.717) is 27.6 Å². The van der Waals surface area contributed by atoms with Crippen LogP contribution in [0.15, 0.2) is 35.7 Å². The summed E-state index contributed by atoms with van der Waals surface area (Å²) in [5, 5.41) is 13.9. The van der Waals surface area contributed by atoms with E-state index in [4.69, 9.17) is 16.7 Å². The Balaban J connectivity index is 2.12.